The summed E-state index contributed by atoms with van der Waals surface area (Å²) in [5, 5.41) is 12.8. The number of nitrogens with zero attached hydrogens (tertiary/aromatic N) is 1. The van der Waals surface area contributed by atoms with Crippen molar-refractivity contribution in [3.05, 3.63) is 23.9 Å². The van der Waals surface area contributed by atoms with Gasteiger partial charge in [0.25, 0.3) is 0 Å². The standard InChI is InChI=1S/C12H18N2O4/c1-12(16,11(15)18-3)8-13-7-9-5-4-6-14-10(9)17-2/h4-6,13,16H,7-8H2,1-3H3. The first-order chi connectivity index (χ1) is 8.51. The first kappa shape index (κ1) is 14.4. The topological polar surface area (TPSA) is 80.7 Å². The zero-order chi connectivity index (χ0) is 13.6. The third kappa shape index (κ3) is 3.68. The van der Waals surface area contributed by atoms with E-state index in [0.717, 1.165) is 5.56 Å². The molecule has 0 aromatic carbocycles. The molecule has 1 heterocycles. The normalized spacial score (nSPS) is 13.8. The Morgan fingerprint density at radius 3 is 2.89 bits per heavy atom. The van der Waals surface area contributed by atoms with Crippen LogP contribution in [0.4, 0.5) is 0 Å². The SMILES string of the molecule is COC(=O)C(C)(O)CNCc1cccnc1OC. The van der Waals surface area contributed by atoms with E-state index in [-0.39, 0.29) is 6.54 Å². The molecule has 0 radical (unpaired) electrons. The molecule has 0 amide bonds. The molecule has 2 N–H and O–H groups in total. The summed E-state index contributed by atoms with van der Waals surface area (Å²) >= 11 is 0. The fourth-order valence-electron chi connectivity index (χ4n) is 1.48. The summed E-state index contributed by atoms with van der Waals surface area (Å²) in [5.74, 6) is -0.157. The Morgan fingerprint density at radius 1 is 1.56 bits per heavy atom. The second kappa shape index (κ2) is 6.32. The van der Waals surface area contributed by atoms with Crippen LogP contribution in [0.25, 0.3) is 0 Å². The molecule has 0 aliphatic carbocycles. The van der Waals surface area contributed by atoms with Gasteiger partial charge in [0.05, 0.1) is 14.2 Å². The number of nitrogens with one attached hydrogen (secondary N) is 1. The van der Waals surface area contributed by atoms with Gasteiger partial charge in [0, 0.05) is 24.8 Å². The van der Waals surface area contributed by atoms with Crippen molar-refractivity contribution in [3.63, 3.8) is 0 Å². The van der Waals surface area contributed by atoms with Gasteiger partial charge in [-0.2, -0.15) is 0 Å². The van der Waals surface area contributed by atoms with Crippen LogP contribution in [0, 0.1) is 0 Å². The van der Waals surface area contributed by atoms with E-state index in [9.17, 15) is 9.90 Å². The molecule has 6 heteroatoms. The molecule has 0 aliphatic rings. The van der Waals surface area contributed by atoms with Gasteiger partial charge in [-0.1, -0.05) is 6.07 Å². The number of hydrogen-bond donors (Lipinski definition) is 2. The number of aromatic nitrogens is 1. The summed E-state index contributed by atoms with van der Waals surface area (Å²) < 4.78 is 9.59. The van der Waals surface area contributed by atoms with E-state index >= 15 is 0 Å². The van der Waals surface area contributed by atoms with E-state index in [1.807, 2.05) is 6.07 Å². The Balaban J connectivity index is 2.54. The quantitative estimate of drug-likeness (QED) is 0.701. The number of hydrogen-bond acceptors (Lipinski definition) is 6. The minimum absolute atomic E-state index is 0.0811. The van der Waals surface area contributed by atoms with E-state index in [1.54, 1.807) is 12.3 Å². The van der Waals surface area contributed by atoms with Crippen molar-refractivity contribution in [2.45, 2.75) is 19.1 Å². The second-order valence-electron chi connectivity index (χ2n) is 4.04. The monoisotopic (exact) mass is 254 g/mol. The van der Waals surface area contributed by atoms with E-state index in [4.69, 9.17) is 4.74 Å². The van der Waals surface area contributed by atoms with E-state index < -0.39 is 11.6 Å². The van der Waals surface area contributed by atoms with E-state index in [0.29, 0.717) is 12.4 Å². The average Bonchev–Trinajstić information content (AvgIpc) is 2.38. The van der Waals surface area contributed by atoms with Crippen molar-refractivity contribution >= 4 is 5.97 Å². The fourth-order valence-corrected chi connectivity index (χ4v) is 1.48. The van der Waals surface area contributed by atoms with Crippen molar-refractivity contribution in [2.24, 2.45) is 0 Å². The maximum Gasteiger partial charge on any atom is 0.338 e. The molecule has 1 unspecified atom stereocenters. The molecule has 1 rings (SSSR count). The lowest BCUT2D eigenvalue weighted by Gasteiger charge is -2.20. The van der Waals surface area contributed by atoms with Crippen molar-refractivity contribution in [3.8, 4) is 5.88 Å². The summed E-state index contributed by atoms with van der Waals surface area (Å²) in [7, 11) is 2.78. The Bertz CT molecular complexity index is 407. The number of pyridine rings is 1. The zero-order valence-electron chi connectivity index (χ0n) is 10.8. The summed E-state index contributed by atoms with van der Waals surface area (Å²) in [6.45, 7) is 1.91. The van der Waals surface area contributed by atoms with E-state index in [1.165, 1.54) is 21.1 Å². The van der Waals surface area contributed by atoms with Crippen LogP contribution in [-0.4, -0.2) is 42.4 Å². The molecule has 0 aliphatic heterocycles. The van der Waals surface area contributed by atoms with Gasteiger partial charge in [-0.05, 0) is 13.0 Å². The Labute approximate surface area is 106 Å². The lowest BCUT2D eigenvalue weighted by atomic mass is 10.1. The Morgan fingerprint density at radius 2 is 2.28 bits per heavy atom. The van der Waals surface area contributed by atoms with Crippen LogP contribution in [0.2, 0.25) is 0 Å². The van der Waals surface area contributed by atoms with Gasteiger partial charge < -0.3 is 19.9 Å². The third-order valence-electron chi connectivity index (χ3n) is 2.45. The smallest absolute Gasteiger partial charge is 0.338 e. The van der Waals surface area contributed by atoms with Crippen LogP contribution in [0.3, 0.4) is 0 Å². The van der Waals surface area contributed by atoms with Gasteiger partial charge in [-0.3, -0.25) is 0 Å². The molecule has 1 aromatic heterocycles. The lowest BCUT2D eigenvalue weighted by Crippen LogP contribution is -2.45. The minimum Gasteiger partial charge on any atom is -0.481 e. The number of rotatable bonds is 6. The van der Waals surface area contributed by atoms with Crippen molar-refractivity contribution in [2.75, 3.05) is 20.8 Å². The molecular weight excluding hydrogens is 236 g/mol. The van der Waals surface area contributed by atoms with Crippen molar-refractivity contribution in [1.29, 1.82) is 0 Å². The summed E-state index contributed by atoms with van der Waals surface area (Å²) in [6, 6.07) is 3.64. The highest BCUT2D eigenvalue weighted by Gasteiger charge is 2.30. The van der Waals surface area contributed by atoms with E-state index in [2.05, 4.69) is 15.0 Å². The Kier molecular flexibility index (Phi) is 5.06. The lowest BCUT2D eigenvalue weighted by molar-refractivity contribution is -0.159. The number of esters is 1. The van der Waals surface area contributed by atoms with Gasteiger partial charge >= 0.3 is 5.97 Å². The van der Waals surface area contributed by atoms with Crippen LogP contribution >= 0.6 is 0 Å². The maximum absolute atomic E-state index is 11.2. The predicted molar refractivity (Wildman–Crippen MR) is 65.1 cm³/mol. The number of carbonyl (C=O) groups excluding carboxylic acids is 1. The molecule has 1 aromatic rings. The molecule has 100 valence electrons. The van der Waals surface area contributed by atoms with Crippen molar-refractivity contribution < 1.29 is 19.4 Å². The molecule has 18 heavy (non-hydrogen) atoms. The number of aliphatic hydroxyl groups is 1. The third-order valence-corrected chi connectivity index (χ3v) is 2.45. The number of ether oxygens (including phenoxy) is 2. The van der Waals surface area contributed by atoms with Crippen LogP contribution < -0.4 is 10.1 Å². The average molecular weight is 254 g/mol. The minimum atomic E-state index is -1.55. The molecule has 0 spiro atoms. The molecule has 1 atom stereocenters. The highest BCUT2D eigenvalue weighted by atomic mass is 16.5. The summed E-state index contributed by atoms with van der Waals surface area (Å²) in [4.78, 5) is 15.3. The largest absolute Gasteiger partial charge is 0.481 e. The van der Waals surface area contributed by atoms with Gasteiger partial charge in [0.1, 0.15) is 0 Å². The van der Waals surface area contributed by atoms with Crippen LogP contribution in [0.1, 0.15) is 12.5 Å². The number of methoxy groups -OCH3 is 2. The molecule has 0 saturated carbocycles. The highest BCUT2D eigenvalue weighted by molar-refractivity contribution is 5.78. The number of carbonyl (C=O) groups is 1. The van der Waals surface area contributed by atoms with Gasteiger partial charge in [0.15, 0.2) is 5.60 Å². The van der Waals surface area contributed by atoms with Crippen LogP contribution in [0.15, 0.2) is 18.3 Å². The second-order valence-corrected chi connectivity index (χ2v) is 4.04. The molecule has 0 fully saturated rings. The van der Waals surface area contributed by atoms with Crippen LogP contribution in [0.5, 0.6) is 5.88 Å². The van der Waals surface area contributed by atoms with Gasteiger partial charge in [-0.15, -0.1) is 0 Å². The summed E-state index contributed by atoms with van der Waals surface area (Å²) in [6.07, 6.45) is 1.63. The summed E-state index contributed by atoms with van der Waals surface area (Å²) in [5.41, 5.74) is -0.704. The highest BCUT2D eigenvalue weighted by Crippen LogP contribution is 2.13. The molecule has 6 nitrogen and oxygen atoms in total. The first-order valence-corrected chi connectivity index (χ1v) is 5.50. The fraction of sp³-hybridized carbons (Fsp3) is 0.500. The van der Waals surface area contributed by atoms with Crippen LogP contribution in [-0.2, 0) is 16.1 Å². The van der Waals surface area contributed by atoms with Gasteiger partial charge in [-0.25, -0.2) is 9.78 Å². The maximum atomic E-state index is 11.2. The zero-order valence-corrected chi connectivity index (χ0v) is 10.8. The predicted octanol–water partition coefficient (Wildman–Crippen LogP) is 0.104. The molecule has 0 saturated heterocycles. The molecular formula is C12H18N2O4. The van der Waals surface area contributed by atoms with Gasteiger partial charge in [0.2, 0.25) is 5.88 Å². The first-order valence-electron chi connectivity index (χ1n) is 5.50. The van der Waals surface area contributed by atoms with Crippen molar-refractivity contribution in [1.82, 2.24) is 10.3 Å². The molecule has 0 bridgehead atoms. The Hall–Kier alpha value is -1.66.